The van der Waals surface area contributed by atoms with Crippen molar-refractivity contribution in [3.63, 3.8) is 0 Å². The van der Waals surface area contributed by atoms with E-state index in [0.29, 0.717) is 28.1 Å². The molecule has 1 fully saturated rings. The topological polar surface area (TPSA) is 55.1 Å². The van der Waals surface area contributed by atoms with Crippen molar-refractivity contribution in [3.8, 4) is 0 Å². The average Bonchev–Trinajstić information content (AvgIpc) is 2.42. The Morgan fingerprint density at radius 2 is 2.00 bits per heavy atom. The molecule has 1 saturated carbocycles. The fraction of sp³-hybridized carbons (Fsp3) is 0.500. The van der Waals surface area contributed by atoms with Gasteiger partial charge < -0.3 is 11.1 Å². The lowest BCUT2D eigenvalue weighted by Gasteiger charge is -2.31. The van der Waals surface area contributed by atoms with Crippen molar-refractivity contribution in [2.45, 2.75) is 31.7 Å². The van der Waals surface area contributed by atoms with Crippen molar-refractivity contribution in [2.24, 2.45) is 11.7 Å². The van der Waals surface area contributed by atoms with E-state index >= 15 is 0 Å². The number of rotatable bonds is 3. The quantitative estimate of drug-likeness (QED) is 0.884. The second kappa shape index (κ2) is 8.08. The van der Waals surface area contributed by atoms with Gasteiger partial charge in [0.25, 0.3) is 5.91 Å². The van der Waals surface area contributed by atoms with Crippen molar-refractivity contribution in [2.75, 3.05) is 6.54 Å². The summed E-state index contributed by atoms with van der Waals surface area (Å²) in [6.45, 7) is 0.605. The molecule has 112 valence electrons. The first kappa shape index (κ1) is 17.6. The van der Waals surface area contributed by atoms with Crippen LogP contribution in [0.4, 0.5) is 0 Å². The van der Waals surface area contributed by atoms with Crippen LogP contribution in [0.5, 0.6) is 0 Å². The molecule has 0 aliphatic heterocycles. The van der Waals surface area contributed by atoms with Gasteiger partial charge in [-0.2, -0.15) is 0 Å². The third-order valence-corrected chi connectivity index (χ3v) is 4.27. The number of halogens is 3. The zero-order valence-electron chi connectivity index (χ0n) is 11.1. The average molecular weight is 338 g/mol. The number of carbonyl (C=O) groups excluding carboxylic acids is 1. The van der Waals surface area contributed by atoms with Crippen LogP contribution in [0, 0.1) is 5.92 Å². The number of benzene rings is 1. The van der Waals surface area contributed by atoms with Gasteiger partial charge in [0, 0.05) is 11.1 Å². The van der Waals surface area contributed by atoms with Crippen LogP contribution in [-0.4, -0.2) is 18.5 Å². The molecule has 1 aromatic carbocycles. The van der Waals surface area contributed by atoms with Gasteiger partial charge in [-0.25, -0.2) is 0 Å². The molecule has 2 rings (SSSR count). The second-order valence-corrected chi connectivity index (χ2v) is 5.83. The molecule has 3 N–H and O–H groups in total. The van der Waals surface area contributed by atoms with Gasteiger partial charge >= 0.3 is 0 Å². The molecule has 1 aliphatic carbocycles. The standard InChI is InChI=1S/C14H18Cl2N2O.ClH/c15-10-5-6-12(16)11(7-10)14(19)18-13-4-2-1-3-9(13)8-17;/h5-7,9,13H,1-4,8,17H2,(H,18,19);1H. The van der Waals surface area contributed by atoms with Crippen LogP contribution in [-0.2, 0) is 0 Å². The molecule has 0 aromatic heterocycles. The maximum Gasteiger partial charge on any atom is 0.253 e. The normalized spacial score (nSPS) is 21.9. The molecule has 3 nitrogen and oxygen atoms in total. The molecule has 20 heavy (non-hydrogen) atoms. The first-order valence-electron chi connectivity index (χ1n) is 6.58. The molecular weight excluding hydrogens is 319 g/mol. The van der Waals surface area contributed by atoms with E-state index in [9.17, 15) is 4.79 Å². The highest BCUT2D eigenvalue weighted by atomic mass is 35.5. The van der Waals surface area contributed by atoms with Gasteiger partial charge in [-0.15, -0.1) is 12.4 Å². The molecule has 2 atom stereocenters. The van der Waals surface area contributed by atoms with Gasteiger partial charge in [-0.05, 0) is 43.5 Å². The van der Waals surface area contributed by atoms with Gasteiger partial charge in [-0.1, -0.05) is 36.0 Å². The number of nitrogens with two attached hydrogens (primary N) is 1. The Morgan fingerprint density at radius 3 is 2.70 bits per heavy atom. The third-order valence-electron chi connectivity index (χ3n) is 3.70. The molecule has 2 unspecified atom stereocenters. The predicted octanol–water partition coefficient (Wildman–Crippen LogP) is 3.66. The molecular formula is C14H19Cl3N2O. The third kappa shape index (κ3) is 4.26. The SMILES string of the molecule is Cl.NCC1CCCCC1NC(=O)c1cc(Cl)ccc1Cl. The lowest BCUT2D eigenvalue weighted by molar-refractivity contribution is 0.0908. The lowest BCUT2D eigenvalue weighted by atomic mass is 9.84. The van der Waals surface area contributed by atoms with Gasteiger partial charge in [0.05, 0.1) is 10.6 Å². The molecule has 1 amide bonds. The summed E-state index contributed by atoms with van der Waals surface area (Å²) in [5.74, 6) is 0.188. The largest absolute Gasteiger partial charge is 0.349 e. The van der Waals surface area contributed by atoms with Crippen LogP contribution < -0.4 is 11.1 Å². The van der Waals surface area contributed by atoms with Crippen molar-refractivity contribution in [1.82, 2.24) is 5.32 Å². The first-order chi connectivity index (χ1) is 9.11. The van der Waals surface area contributed by atoms with E-state index in [0.717, 1.165) is 19.3 Å². The van der Waals surface area contributed by atoms with Crippen LogP contribution >= 0.6 is 35.6 Å². The summed E-state index contributed by atoms with van der Waals surface area (Å²) < 4.78 is 0. The Labute approximate surface area is 135 Å². The van der Waals surface area contributed by atoms with Gasteiger partial charge in [-0.3, -0.25) is 4.79 Å². The minimum absolute atomic E-state index is 0. The minimum atomic E-state index is -0.169. The summed E-state index contributed by atoms with van der Waals surface area (Å²) in [7, 11) is 0. The molecule has 1 aromatic rings. The summed E-state index contributed by atoms with van der Waals surface area (Å²) in [6.07, 6.45) is 4.37. The summed E-state index contributed by atoms with van der Waals surface area (Å²) in [5.41, 5.74) is 6.19. The van der Waals surface area contributed by atoms with Gasteiger partial charge in [0.1, 0.15) is 0 Å². The Morgan fingerprint density at radius 1 is 1.30 bits per heavy atom. The number of carbonyl (C=O) groups is 1. The summed E-state index contributed by atoms with van der Waals surface area (Å²) in [5, 5.41) is 3.97. The van der Waals surface area contributed by atoms with Crippen molar-refractivity contribution in [1.29, 1.82) is 0 Å². The number of hydrogen-bond donors (Lipinski definition) is 2. The maximum atomic E-state index is 12.3. The highest BCUT2D eigenvalue weighted by molar-refractivity contribution is 6.35. The van der Waals surface area contributed by atoms with Gasteiger partial charge in [0.15, 0.2) is 0 Å². The molecule has 0 bridgehead atoms. The Hall–Kier alpha value is -0.480. The van der Waals surface area contributed by atoms with E-state index in [1.54, 1.807) is 18.2 Å². The number of amides is 1. The molecule has 0 spiro atoms. The van der Waals surface area contributed by atoms with Crippen LogP contribution in [0.2, 0.25) is 10.0 Å². The van der Waals surface area contributed by atoms with Crippen LogP contribution in [0.1, 0.15) is 36.0 Å². The first-order valence-corrected chi connectivity index (χ1v) is 7.33. The zero-order chi connectivity index (χ0) is 13.8. The number of hydrogen-bond acceptors (Lipinski definition) is 2. The smallest absolute Gasteiger partial charge is 0.253 e. The minimum Gasteiger partial charge on any atom is -0.349 e. The molecule has 0 saturated heterocycles. The van der Waals surface area contributed by atoms with Crippen LogP contribution in [0.3, 0.4) is 0 Å². The van der Waals surface area contributed by atoms with E-state index in [2.05, 4.69) is 5.32 Å². The summed E-state index contributed by atoms with van der Waals surface area (Å²) >= 11 is 11.9. The van der Waals surface area contributed by atoms with E-state index in [1.165, 1.54) is 6.42 Å². The highest BCUT2D eigenvalue weighted by Crippen LogP contribution is 2.25. The Balaban J connectivity index is 0.00000200. The monoisotopic (exact) mass is 336 g/mol. The molecule has 1 aliphatic rings. The van der Waals surface area contributed by atoms with E-state index in [1.807, 2.05) is 0 Å². The van der Waals surface area contributed by atoms with E-state index in [-0.39, 0.29) is 24.4 Å². The predicted molar refractivity (Wildman–Crippen MR) is 86.0 cm³/mol. The highest BCUT2D eigenvalue weighted by Gasteiger charge is 2.26. The second-order valence-electron chi connectivity index (χ2n) is 4.98. The summed E-state index contributed by atoms with van der Waals surface area (Å²) in [4.78, 5) is 12.3. The van der Waals surface area contributed by atoms with Crippen molar-refractivity contribution in [3.05, 3.63) is 33.8 Å². The Kier molecular flexibility index (Phi) is 7.10. The molecule has 0 heterocycles. The fourth-order valence-electron chi connectivity index (χ4n) is 2.60. The van der Waals surface area contributed by atoms with Crippen LogP contribution in [0.15, 0.2) is 18.2 Å². The van der Waals surface area contributed by atoms with Crippen LogP contribution in [0.25, 0.3) is 0 Å². The maximum absolute atomic E-state index is 12.3. The fourth-order valence-corrected chi connectivity index (χ4v) is 2.97. The van der Waals surface area contributed by atoms with Crippen molar-refractivity contribution >= 4 is 41.5 Å². The van der Waals surface area contributed by atoms with Crippen molar-refractivity contribution < 1.29 is 4.79 Å². The van der Waals surface area contributed by atoms with E-state index < -0.39 is 0 Å². The van der Waals surface area contributed by atoms with Gasteiger partial charge in [0.2, 0.25) is 0 Å². The molecule has 0 radical (unpaired) electrons. The lowest BCUT2D eigenvalue weighted by Crippen LogP contribution is -2.44. The van der Waals surface area contributed by atoms with E-state index in [4.69, 9.17) is 28.9 Å². The zero-order valence-corrected chi connectivity index (χ0v) is 13.4. The number of nitrogens with one attached hydrogen (secondary N) is 1. The summed E-state index contributed by atoms with van der Waals surface area (Å²) in [6, 6.07) is 5.05. The Bertz CT molecular complexity index is 468. The molecule has 6 heteroatoms.